The Labute approximate surface area is 158 Å². The summed E-state index contributed by atoms with van der Waals surface area (Å²) in [6.07, 6.45) is 0. The first-order valence-electron chi connectivity index (χ1n) is 7.49. The van der Waals surface area contributed by atoms with Crippen LogP contribution in [0.1, 0.15) is 15.9 Å². The summed E-state index contributed by atoms with van der Waals surface area (Å²) in [6.45, 7) is 1.65. The van der Waals surface area contributed by atoms with E-state index in [2.05, 4.69) is 15.9 Å². The van der Waals surface area contributed by atoms with E-state index in [4.69, 9.17) is 18.9 Å². The fourth-order valence-electron chi connectivity index (χ4n) is 2.50. The highest BCUT2D eigenvalue weighted by molar-refractivity contribution is 9.10. The molecule has 0 radical (unpaired) electrons. The van der Waals surface area contributed by atoms with E-state index < -0.39 is 17.9 Å². The lowest BCUT2D eigenvalue weighted by Crippen LogP contribution is -2.39. The van der Waals surface area contributed by atoms with Gasteiger partial charge in [-0.2, -0.15) is 0 Å². The Morgan fingerprint density at radius 1 is 1.04 bits per heavy atom. The number of hydrogen-bond donors (Lipinski definition) is 0. The fraction of sp³-hybridized carbons (Fsp3) is 0.353. The number of methoxy groups -OCH3 is 3. The van der Waals surface area contributed by atoms with E-state index in [1.807, 2.05) is 6.92 Å². The number of anilines is 1. The van der Waals surface area contributed by atoms with Crippen molar-refractivity contribution in [2.75, 3.05) is 39.6 Å². The molecule has 1 aromatic carbocycles. The SMILES string of the molecule is COC(=O)C1=C(C(=O)OC)N(c2cc(C)c(Br)cc2C(=O)OC)COC1. The maximum Gasteiger partial charge on any atom is 0.355 e. The quantitative estimate of drug-likeness (QED) is 0.531. The summed E-state index contributed by atoms with van der Waals surface area (Å²) in [4.78, 5) is 38.1. The Balaban J connectivity index is 2.72. The van der Waals surface area contributed by atoms with Gasteiger partial charge in [0.1, 0.15) is 12.4 Å². The summed E-state index contributed by atoms with van der Waals surface area (Å²) in [5.74, 6) is -2.07. The lowest BCUT2D eigenvalue weighted by molar-refractivity contribution is -0.140. The molecule has 8 nitrogen and oxygen atoms in total. The highest BCUT2D eigenvalue weighted by atomic mass is 79.9. The van der Waals surface area contributed by atoms with Gasteiger partial charge < -0.3 is 23.8 Å². The Kier molecular flexibility index (Phi) is 6.38. The normalized spacial score (nSPS) is 14.1. The lowest BCUT2D eigenvalue weighted by atomic mass is 10.1. The van der Waals surface area contributed by atoms with Crippen LogP contribution < -0.4 is 4.90 Å². The molecule has 0 N–H and O–H groups in total. The molecular weight excluding hydrogens is 410 g/mol. The van der Waals surface area contributed by atoms with Crippen LogP contribution in [0.3, 0.4) is 0 Å². The number of nitrogens with zero attached hydrogens (tertiary/aromatic N) is 1. The first-order valence-corrected chi connectivity index (χ1v) is 8.28. The van der Waals surface area contributed by atoms with Gasteiger partial charge in [-0.15, -0.1) is 0 Å². The number of carbonyl (C=O) groups is 3. The van der Waals surface area contributed by atoms with Gasteiger partial charge in [-0.25, -0.2) is 14.4 Å². The van der Waals surface area contributed by atoms with Crippen molar-refractivity contribution < 1.29 is 33.3 Å². The smallest absolute Gasteiger partial charge is 0.355 e. The Hall–Kier alpha value is -2.39. The third-order valence-corrected chi connectivity index (χ3v) is 4.66. The molecule has 0 aromatic heterocycles. The largest absolute Gasteiger partial charge is 0.466 e. The van der Waals surface area contributed by atoms with Gasteiger partial charge >= 0.3 is 17.9 Å². The number of benzene rings is 1. The number of halogens is 1. The van der Waals surface area contributed by atoms with E-state index in [1.165, 1.54) is 26.2 Å². The minimum Gasteiger partial charge on any atom is -0.466 e. The molecule has 0 saturated carbocycles. The molecule has 0 fully saturated rings. The van der Waals surface area contributed by atoms with Crippen LogP contribution >= 0.6 is 15.9 Å². The molecule has 0 spiro atoms. The molecule has 0 saturated heterocycles. The number of rotatable bonds is 4. The van der Waals surface area contributed by atoms with Gasteiger partial charge in [0.25, 0.3) is 0 Å². The van der Waals surface area contributed by atoms with Crippen molar-refractivity contribution in [2.45, 2.75) is 6.92 Å². The van der Waals surface area contributed by atoms with Crippen LogP contribution in [-0.2, 0) is 28.5 Å². The molecule has 0 atom stereocenters. The molecule has 1 aliphatic heterocycles. The Morgan fingerprint density at radius 3 is 2.23 bits per heavy atom. The number of hydrogen-bond acceptors (Lipinski definition) is 8. The molecule has 140 valence electrons. The zero-order chi connectivity index (χ0) is 19.4. The molecule has 26 heavy (non-hydrogen) atoms. The van der Waals surface area contributed by atoms with Crippen LogP contribution in [0.5, 0.6) is 0 Å². The van der Waals surface area contributed by atoms with Crippen molar-refractivity contribution in [1.82, 2.24) is 0 Å². The summed E-state index contributed by atoms with van der Waals surface area (Å²) in [6, 6.07) is 3.26. The molecule has 9 heteroatoms. The van der Waals surface area contributed by atoms with Crippen LogP contribution in [-0.4, -0.2) is 52.6 Å². The van der Waals surface area contributed by atoms with Crippen LogP contribution in [0.4, 0.5) is 5.69 Å². The second kappa shape index (κ2) is 8.33. The molecule has 1 heterocycles. The van der Waals surface area contributed by atoms with E-state index in [0.29, 0.717) is 10.2 Å². The van der Waals surface area contributed by atoms with Gasteiger partial charge in [-0.05, 0) is 24.6 Å². The van der Waals surface area contributed by atoms with Crippen molar-refractivity contribution in [2.24, 2.45) is 0 Å². The second-order valence-electron chi connectivity index (χ2n) is 5.33. The van der Waals surface area contributed by atoms with Crippen LogP contribution in [0.2, 0.25) is 0 Å². The zero-order valence-corrected chi connectivity index (χ0v) is 16.3. The summed E-state index contributed by atoms with van der Waals surface area (Å²) in [5.41, 5.74) is 1.31. The second-order valence-corrected chi connectivity index (χ2v) is 6.18. The summed E-state index contributed by atoms with van der Waals surface area (Å²) >= 11 is 3.37. The molecular formula is C17H18BrNO7. The molecule has 0 amide bonds. The molecule has 1 aromatic rings. The van der Waals surface area contributed by atoms with Crippen molar-refractivity contribution in [3.63, 3.8) is 0 Å². The Morgan fingerprint density at radius 2 is 1.65 bits per heavy atom. The van der Waals surface area contributed by atoms with Crippen LogP contribution in [0.15, 0.2) is 27.9 Å². The molecule has 0 aliphatic carbocycles. The number of aryl methyl sites for hydroxylation is 1. The van der Waals surface area contributed by atoms with Crippen LogP contribution in [0, 0.1) is 6.92 Å². The van der Waals surface area contributed by atoms with Crippen molar-refractivity contribution in [3.05, 3.63) is 39.0 Å². The van der Waals surface area contributed by atoms with Gasteiger partial charge in [0.15, 0.2) is 0 Å². The van der Waals surface area contributed by atoms with E-state index in [1.54, 1.807) is 12.1 Å². The summed E-state index contributed by atoms with van der Waals surface area (Å²) in [5, 5.41) is 0. The highest BCUT2D eigenvalue weighted by Gasteiger charge is 2.34. The Bertz CT molecular complexity index is 788. The van der Waals surface area contributed by atoms with Crippen molar-refractivity contribution >= 4 is 39.5 Å². The van der Waals surface area contributed by atoms with E-state index in [-0.39, 0.29) is 30.2 Å². The lowest BCUT2D eigenvalue weighted by Gasteiger charge is -2.32. The maximum atomic E-state index is 12.4. The van der Waals surface area contributed by atoms with E-state index >= 15 is 0 Å². The van der Waals surface area contributed by atoms with Crippen molar-refractivity contribution in [3.8, 4) is 0 Å². The summed E-state index contributed by atoms with van der Waals surface area (Å²) in [7, 11) is 3.66. The zero-order valence-electron chi connectivity index (χ0n) is 14.8. The third kappa shape index (κ3) is 3.73. The average molecular weight is 428 g/mol. The molecule has 1 aliphatic rings. The fourth-order valence-corrected chi connectivity index (χ4v) is 2.84. The first-order chi connectivity index (χ1) is 12.3. The van der Waals surface area contributed by atoms with Gasteiger partial charge in [0.2, 0.25) is 0 Å². The molecule has 0 bridgehead atoms. The van der Waals surface area contributed by atoms with E-state index in [9.17, 15) is 14.4 Å². The van der Waals surface area contributed by atoms with Gasteiger partial charge in [-0.3, -0.25) is 0 Å². The predicted molar refractivity (Wildman–Crippen MR) is 94.6 cm³/mol. The van der Waals surface area contributed by atoms with Gasteiger partial charge in [0.05, 0.1) is 44.8 Å². The number of carbonyl (C=O) groups excluding carboxylic acids is 3. The monoisotopic (exact) mass is 427 g/mol. The van der Waals surface area contributed by atoms with Crippen LogP contribution in [0.25, 0.3) is 0 Å². The minimum atomic E-state index is -0.745. The average Bonchev–Trinajstić information content (AvgIpc) is 2.67. The highest BCUT2D eigenvalue weighted by Crippen LogP contribution is 2.33. The van der Waals surface area contributed by atoms with E-state index in [0.717, 1.165) is 5.56 Å². The third-order valence-electron chi connectivity index (χ3n) is 3.81. The first kappa shape index (κ1) is 19.9. The number of ether oxygens (including phenoxy) is 4. The van der Waals surface area contributed by atoms with Gasteiger partial charge in [-0.1, -0.05) is 15.9 Å². The molecule has 0 unspecified atom stereocenters. The van der Waals surface area contributed by atoms with Crippen molar-refractivity contribution in [1.29, 1.82) is 0 Å². The van der Waals surface area contributed by atoms with Gasteiger partial charge in [0, 0.05) is 4.47 Å². The predicted octanol–water partition coefficient (Wildman–Crippen LogP) is 1.94. The maximum absolute atomic E-state index is 12.4. The standard InChI is InChI=1S/C17H18BrNO7/c1-9-5-13(10(6-12(9)18)15(20)23-2)19-8-26-7-11(16(21)24-3)14(19)17(22)25-4/h5-6H,7-8H2,1-4H3. The number of esters is 3. The molecule has 2 rings (SSSR count). The summed E-state index contributed by atoms with van der Waals surface area (Å²) < 4.78 is 20.5. The topological polar surface area (TPSA) is 91.4 Å². The minimum absolute atomic E-state index is 0.00184.